The molecular weight excluding hydrogens is 344 g/mol. The first kappa shape index (κ1) is 17.5. The zero-order valence-corrected chi connectivity index (χ0v) is 16.1. The van der Waals surface area contributed by atoms with Crippen molar-refractivity contribution in [2.45, 2.75) is 38.7 Å². The second-order valence-corrected chi connectivity index (χ2v) is 7.60. The maximum absolute atomic E-state index is 5.62. The summed E-state index contributed by atoms with van der Waals surface area (Å²) in [6.45, 7) is 6.01. The van der Waals surface area contributed by atoms with E-state index in [0.29, 0.717) is 5.11 Å². The van der Waals surface area contributed by atoms with Crippen LogP contribution in [0.1, 0.15) is 31.2 Å². The third kappa shape index (κ3) is 3.91. The van der Waals surface area contributed by atoms with Crippen LogP contribution in [0, 0.1) is 6.92 Å². The Balaban J connectivity index is 1.45. The topological polar surface area (TPSA) is 49.4 Å². The smallest absolute Gasteiger partial charge is 0.170 e. The Morgan fingerprint density at radius 1 is 1.27 bits per heavy atom. The van der Waals surface area contributed by atoms with E-state index in [0.717, 1.165) is 56.1 Å². The number of pyridine rings is 1. The molecule has 0 amide bonds. The van der Waals surface area contributed by atoms with E-state index in [1.165, 1.54) is 23.8 Å². The second-order valence-electron chi connectivity index (χ2n) is 7.19. The maximum atomic E-state index is 5.62. The summed E-state index contributed by atoms with van der Waals surface area (Å²) in [6.07, 6.45) is 5.05. The van der Waals surface area contributed by atoms with Gasteiger partial charge in [-0.15, -0.1) is 0 Å². The third-order valence-electron chi connectivity index (χ3n) is 5.20. The van der Waals surface area contributed by atoms with Gasteiger partial charge in [0.25, 0.3) is 0 Å². The van der Waals surface area contributed by atoms with Crippen molar-refractivity contribution in [1.29, 1.82) is 0 Å². The van der Waals surface area contributed by atoms with Crippen LogP contribution in [0.5, 0.6) is 0 Å². The Morgan fingerprint density at radius 3 is 2.88 bits per heavy atom. The van der Waals surface area contributed by atoms with Crippen LogP contribution >= 0.6 is 12.2 Å². The third-order valence-corrected chi connectivity index (χ3v) is 5.45. The lowest BCUT2D eigenvalue weighted by atomic mass is 10.1. The molecule has 0 radical (unpaired) electrons. The molecule has 26 heavy (non-hydrogen) atoms. The van der Waals surface area contributed by atoms with E-state index in [4.69, 9.17) is 21.9 Å². The van der Waals surface area contributed by atoms with Gasteiger partial charge in [-0.25, -0.2) is 4.98 Å². The van der Waals surface area contributed by atoms with Crippen LogP contribution in [0.2, 0.25) is 0 Å². The van der Waals surface area contributed by atoms with E-state index in [2.05, 4.69) is 40.7 Å². The van der Waals surface area contributed by atoms with E-state index in [-0.39, 0.29) is 6.10 Å². The van der Waals surface area contributed by atoms with Crippen molar-refractivity contribution in [2.75, 3.05) is 36.5 Å². The molecule has 1 aromatic heterocycles. The minimum Gasteiger partial charge on any atom is -0.376 e. The molecular formula is C20H26N4OS. The Kier molecular flexibility index (Phi) is 5.22. The summed E-state index contributed by atoms with van der Waals surface area (Å²) in [5.41, 5.74) is 3.27. The Hall–Kier alpha value is -1.92. The van der Waals surface area contributed by atoms with E-state index in [1.54, 1.807) is 0 Å². The highest BCUT2D eigenvalue weighted by Crippen LogP contribution is 2.27. The first-order valence-corrected chi connectivity index (χ1v) is 9.93. The molecule has 2 N–H and O–H groups in total. The number of anilines is 2. The van der Waals surface area contributed by atoms with E-state index < -0.39 is 0 Å². The molecule has 0 unspecified atom stereocenters. The number of thiocarbonyl (C=S) groups is 1. The van der Waals surface area contributed by atoms with Gasteiger partial charge in [0.2, 0.25) is 0 Å². The van der Waals surface area contributed by atoms with Crippen LogP contribution in [0.25, 0.3) is 10.9 Å². The number of hydrogen-bond donors (Lipinski definition) is 2. The predicted molar refractivity (Wildman–Crippen MR) is 111 cm³/mol. The van der Waals surface area contributed by atoms with Crippen LogP contribution in [-0.2, 0) is 4.74 Å². The molecule has 2 fully saturated rings. The molecule has 138 valence electrons. The first-order chi connectivity index (χ1) is 12.7. The standard InChI is InChI=1S/C20H26N4OS/c1-14-11-19(24-8-2-3-9-24)23-18-7-6-15(12-17(14)18)22-20(26)21-13-16-5-4-10-25-16/h6-7,11-12,16H,2-5,8-10,13H2,1H3,(H2,21,22,26)/t16-/m1/s1. The molecule has 0 saturated carbocycles. The number of ether oxygens (including phenoxy) is 1. The zero-order chi connectivity index (χ0) is 17.9. The van der Waals surface area contributed by atoms with E-state index >= 15 is 0 Å². The molecule has 2 saturated heterocycles. The van der Waals surface area contributed by atoms with Crippen LogP contribution in [0.15, 0.2) is 24.3 Å². The molecule has 3 heterocycles. The fourth-order valence-corrected chi connectivity index (χ4v) is 3.95. The second kappa shape index (κ2) is 7.76. The number of rotatable bonds is 4. The largest absolute Gasteiger partial charge is 0.376 e. The fourth-order valence-electron chi connectivity index (χ4n) is 3.75. The van der Waals surface area contributed by atoms with Gasteiger partial charge in [-0.3, -0.25) is 0 Å². The van der Waals surface area contributed by atoms with Gasteiger partial charge < -0.3 is 20.3 Å². The first-order valence-electron chi connectivity index (χ1n) is 9.52. The highest BCUT2D eigenvalue weighted by atomic mass is 32.1. The average Bonchev–Trinajstić information content (AvgIpc) is 3.34. The van der Waals surface area contributed by atoms with Gasteiger partial charge >= 0.3 is 0 Å². The summed E-state index contributed by atoms with van der Waals surface area (Å²) in [5, 5.41) is 8.34. The zero-order valence-electron chi connectivity index (χ0n) is 15.3. The molecule has 0 bridgehead atoms. The Labute approximate surface area is 160 Å². The van der Waals surface area contributed by atoms with Gasteiger partial charge in [-0.05, 0) is 74.7 Å². The molecule has 1 aromatic carbocycles. The molecule has 5 nitrogen and oxygen atoms in total. The van der Waals surface area contributed by atoms with Crippen molar-refractivity contribution in [3.05, 3.63) is 29.8 Å². The van der Waals surface area contributed by atoms with Crippen molar-refractivity contribution in [2.24, 2.45) is 0 Å². The van der Waals surface area contributed by atoms with Crippen molar-refractivity contribution in [1.82, 2.24) is 10.3 Å². The van der Waals surface area contributed by atoms with Gasteiger partial charge in [-0.2, -0.15) is 0 Å². The molecule has 2 aliphatic rings. The number of benzene rings is 1. The van der Waals surface area contributed by atoms with Crippen molar-refractivity contribution >= 4 is 39.7 Å². The SMILES string of the molecule is Cc1cc(N2CCCC2)nc2ccc(NC(=S)NC[C@H]3CCCO3)cc12. The number of aryl methyl sites for hydroxylation is 1. The summed E-state index contributed by atoms with van der Waals surface area (Å²) >= 11 is 5.42. The summed E-state index contributed by atoms with van der Waals surface area (Å²) in [6, 6.07) is 8.45. The molecule has 2 aromatic rings. The van der Waals surface area contributed by atoms with Gasteiger partial charge in [0.1, 0.15) is 5.82 Å². The summed E-state index contributed by atoms with van der Waals surface area (Å²) < 4.78 is 5.62. The van der Waals surface area contributed by atoms with Gasteiger partial charge in [0.15, 0.2) is 5.11 Å². The summed E-state index contributed by atoms with van der Waals surface area (Å²) in [7, 11) is 0. The van der Waals surface area contributed by atoms with Crippen LogP contribution in [-0.4, -0.2) is 42.4 Å². The minimum absolute atomic E-state index is 0.279. The number of fused-ring (bicyclic) bond motifs is 1. The maximum Gasteiger partial charge on any atom is 0.170 e. The molecule has 0 spiro atoms. The monoisotopic (exact) mass is 370 g/mol. The van der Waals surface area contributed by atoms with E-state index in [9.17, 15) is 0 Å². The normalized spacial score (nSPS) is 19.9. The van der Waals surface area contributed by atoms with Gasteiger partial charge in [0.05, 0.1) is 11.6 Å². The average molecular weight is 371 g/mol. The highest BCUT2D eigenvalue weighted by Gasteiger charge is 2.16. The van der Waals surface area contributed by atoms with E-state index in [1.807, 2.05) is 6.07 Å². The van der Waals surface area contributed by atoms with Crippen LogP contribution in [0.4, 0.5) is 11.5 Å². The van der Waals surface area contributed by atoms with Crippen LogP contribution in [0.3, 0.4) is 0 Å². The molecule has 2 aliphatic heterocycles. The number of nitrogens with zero attached hydrogens (tertiary/aromatic N) is 2. The van der Waals surface area contributed by atoms with Gasteiger partial charge in [-0.1, -0.05) is 0 Å². The lowest BCUT2D eigenvalue weighted by molar-refractivity contribution is 0.114. The molecule has 0 aliphatic carbocycles. The summed E-state index contributed by atoms with van der Waals surface area (Å²) in [5.74, 6) is 1.10. The fraction of sp³-hybridized carbons (Fsp3) is 0.500. The lowest BCUT2D eigenvalue weighted by Gasteiger charge is -2.18. The number of aromatic nitrogens is 1. The lowest BCUT2D eigenvalue weighted by Crippen LogP contribution is -2.34. The predicted octanol–water partition coefficient (Wildman–Crippen LogP) is 3.61. The Morgan fingerprint density at radius 2 is 2.12 bits per heavy atom. The highest BCUT2D eigenvalue weighted by molar-refractivity contribution is 7.80. The van der Waals surface area contributed by atoms with Gasteiger partial charge in [0, 0.05) is 37.3 Å². The molecule has 1 atom stereocenters. The van der Waals surface area contributed by atoms with Crippen LogP contribution < -0.4 is 15.5 Å². The number of nitrogens with one attached hydrogen (secondary N) is 2. The molecule has 4 rings (SSSR count). The summed E-state index contributed by atoms with van der Waals surface area (Å²) in [4.78, 5) is 7.24. The van der Waals surface area contributed by atoms with Crippen molar-refractivity contribution in [3.63, 3.8) is 0 Å². The Bertz CT molecular complexity index is 798. The quantitative estimate of drug-likeness (QED) is 0.802. The van der Waals surface area contributed by atoms with Crippen molar-refractivity contribution < 1.29 is 4.74 Å². The molecule has 6 heteroatoms. The van der Waals surface area contributed by atoms with Crippen molar-refractivity contribution in [3.8, 4) is 0 Å². The number of hydrogen-bond acceptors (Lipinski definition) is 4. The minimum atomic E-state index is 0.279.